The summed E-state index contributed by atoms with van der Waals surface area (Å²) >= 11 is 0. The Balaban J connectivity index is 2.56. The first-order valence-corrected chi connectivity index (χ1v) is 7.65. The lowest BCUT2D eigenvalue weighted by molar-refractivity contribution is -0.122. The van der Waals surface area contributed by atoms with Gasteiger partial charge in [0.05, 0.1) is 0 Å². The van der Waals surface area contributed by atoms with Gasteiger partial charge in [-0.15, -0.1) is 0 Å². The minimum Gasteiger partial charge on any atom is -0.459 e. The van der Waals surface area contributed by atoms with Crippen molar-refractivity contribution in [3.63, 3.8) is 0 Å². The van der Waals surface area contributed by atoms with E-state index in [1.165, 1.54) is 20.8 Å². The van der Waals surface area contributed by atoms with Crippen molar-refractivity contribution in [1.82, 2.24) is 0 Å². The quantitative estimate of drug-likeness (QED) is 0.349. The highest BCUT2D eigenvalue weighted by molar-refractivity contribution is 6.21. The molecule has 0 N–H and O–H groups in total. The third-order valence-corrected chi connectivity index (χ3v) is 4.08. The molecule has 0 aromatic heterocycles. The molecule has 3 atom stereocenters. The van der Waals surface area contributed by atoms with Crippen LogP contribution in [0.5, 0.6) is 5.75 Å². The molecular formula is C16H17F4NO4. The van der Waals surface area contributed by atoms with Crippen LogP contribution >= 0.6 is 0 Å². The van der Waals surface area contributed by atoms with Gasteiger partial charge < -0.3 is 9.47 Å². The largest absolute Gasteiger partial charge is 0.459 e. The van der Waals surface area contributed by atoms with Crippen LogP contribution in [-0.2, 0) is 14.3 Å². The van der Waals surface area contributed by atoms with Crippen LogP contribution in [-0.4, -0.2) is 24.7 Å². The number of halogens is 4. The summed E-state index contributed by atoms with van der Waals surface area (Å²) in [6.45, 7) is 5.77. The number of carbonyl (C=O) groups is 2. The maximum absolute atomic E-state index is 14.3. The number of ether oxygens (including phenoxy) is 2. The van der Waals surface area contributed by atoms with Gasteiger partial charge in [0.1, 0.15) is 5.69 Å². The third kappa shape index (κ3) is 3.08. The van der Waals surface area contributed by atoms with Gasteiger partial charge in [-0.3, -0.25) is 9.59 Å². The highest BCUT2D eigenvalue weighted by Crippen LogP contribution is 2.39. The van der Waals surface area contributed by atoms with Gasteiger partial charge in [-0.05, 0) is 13.8 Å². The molecule has 2 amide bonds. The second-order valence-electron chi connectivity index (χ2n) is 5.66. The summed E-state index contributed by atoms with van der Waals surface area (Å²) in [6, 6.07) is 0. The molecule has 0 saturated carbocycles. The monoisotopic (exact) mass is 363 g/mol. The van der Waals surface area contributed by atoms with E-state index in [1.807, 2.05) is 0 Å². The fraction of sp³-hybridized carbons (Fsp3) is 0.500. The number of hydrogen-bond acceptors (Lipinski definition) is 4. The molecule has 1 aliphatic heterocycles. The highest BCUT2D eigenvalue weighted by Gasteiger charge is 2.46. The number of carbonyl (C=O) groups excluding carboxylic acids is 2. The second-order valence-corrected chi connectivity index (χ2v) is 5.66. The second kappa shape index (κ2) is 6.99. The lowest BCUT2D eigenvalue weighted by atomic mass is 10.00. The first-order valence-electron chi connectivity index (χ1n) is 7.65. The van der Waals surface area contributed by atoms with Crippen LogP contribution < -0.4 is 9.64 Å². The van der Waals surface area contributed by atoms with E-state index in [-0.39, 0.29) is 11.5 Å². The number of benzene rings is 1. The van der Waals surface area contributed by atoms with Gasteiger partial charge in [0.15, 0.2) is 23.7 Å². The van der Waals surface area contributed by atoms with E-state index >= 15 is 0 Å². The van der Waals surface area contributed by atoms with Crippen molar-refractivity contribution in [2.75, 3.05) is 11.5 Å². The maximum atomic E-state index is 14.3. The molecule has 1 saturated heterocycles. The SMILES string of the molecule is CCOC(C)Oc1c(F)c(F)c(N2C(=O)C(C)C(C)C2=O)c(F)c1F. The van der Waals surface area contributed by atoms with Gasteiger partial charge in [-0.25, -0.2) is 13.7 Å². The zero-order valence-electron chi connectivity index (χ0n) is 14.0. The fourth-order valence-electron chi connectivity index (χ4n) is 2.50. The fourth-order valence-corrected chi connectivity index (χ4v) is 2.50. The van der Waals surface area contributed by atoms with Crippen molar-refractivity contribution in [2.24, 2.45) is 11.8 Å². The Kier molecular flexibility index (Phi) is 5.36. The molecule has 1 heterocycles. The Bertz CT molecular complexity index is 676. The molecule has 5 nitrogen and oxygen atoms in total. The molecule has 25 heavy (non-hydrogen) atoms. The Morgan fingerprint density at radius 1 is 0.960 bits per heavy atom. The van der Waals surface area contributed by atoms with Crippen LogP contribution in [0.2, 0.25) is 0 Å². The minimum absolute atomic E-state index is 0.139. The van der Waals surface area contributed by atoms with Crippen LogP contribution in [0, 0.1) is 35.1 Å². The van der Waals surface area contributed by atoms with E-state index in [4.69, 9.17) is 9.47 Å². The van der Waals surface area contributed by atoms with Gasteiger partial charge in [0.25, 0.3) is 0 Å². The van der Waals surface area contributed by atoms with E-state index in [0.29, 0.717) is 0 Å². The van der Waals surface area contributed by atoms with Crippen molar-refractivity contribution in [3.05, 3.63) is 23.3 Å². The molecule has 3 unspecified atom stereocenters. The smallest absolute Gasteiger partial charge is 0.237 e. The molecule has 1 aliphatic rings. The molecule has 138 valence electrons. The first-order chi connectivity index (χ1) is 11.6. The Morgan fingerprint density at radius 3 is 1.80 bits per heavy atom. The molecular weight excluding hydrogens is 346 g/mol. The van der Waals surface area contributed by atoms with Gasteiger partial charge in [0, 0.05) is 18.4 Å². The van der Waals surface area contributed by atoms with E-state index in [2.05, 4.69) is 0 Å². The van der Waals surface area contributed by atoms with Crippen molar-refractivity contribution >= 4 is 17.5 Å². The summed E-state index contributed by atoms with van der Waals surface area (Å²) < 4.78 is 66.7. The van der Waals surface area contributed by atoms with Crippen LogP contribution in [0.3, 0.4) is 0 Å². The van der Waals surface area contributed by atoms with Crippen LogP contribution in [0.1, 0.15) is 27.7 Å². The number of hydrogen-bond donors (Lipinski definition) is 0. The van der Waals surface area contributed by atoms with Gasteiger partial charge in [-0.2, -0.15) is 8.78 Å². The first kappa shape index (κ1) is 19.2. The highest BCUT2D eigenvalue weighted by atomic mass is 19.2. The number of nitrogens with zero attached hydrogens (tertiary/aromatic N) is 1. The average molecular weight is 363 g/mol. The predicted octanol–water partition coefficient (Wildman–Crippen LogP) is 3.15. The molecule has 1 aromatic carbocycles. The maximum Gasteiger partial charge on any atom is 0.237 e. The Hall–Kier alpha value is -2.16. The summed E-state index contributed by atoms with van der Waals surface area (Å²) in [7, 11) is 0. The molecule has 0 spiro atoms. The topological polar surface area (TPSA) is 55.8 Å². The Morgan fingerprint density at radius 2 is 1.40 bits per heavy atom. The third-order valence-electron chi connectivity index (χ3n) is 4.08. The molecule has 0 bridgehead atoms. The van der Waals surface area contributed by atoms with E-state index in [0.717, 1.165) is 0 Å². The van der Waals surface area contributed by atoms with Gasteiger partial charge in [0.2, 0.25) is 23.4 Å². The number of imide groups is 1. The Labute approximate surface area is 141 Å². The molecule has 0 radical (unpaired) electrons. The normalized spacial score (nSPS) is 21.8. The van der Waals surface area contributed by atoms with E-state index in [9.17, 15) is 27.2 Å². The number of amides is 2. The molecule has 1 aromatic rings. The van der Waals surface area contributed by atoms with Crippen molar-refractivity contribution in [1.29, 1.82) is 0 Å². The van der Waals surface area contributed by atoms with E-state index < -0.39 is 64.6 Å². The van der Waals surface area contributed by atoms with Gasteiger partial charge in [-0.1, -0.05) is 13.8 Å². The molecule has 0 aliphatic carbocycles. The minimum atomic E-state index is -1.89. The van der Waals surface area contributed by atoms with Crippen LogP contribution in [0.15, 0.2) is 0 Å². The van der Waals surface area contributed by atoms with Crippen molar-refractivity contribution in [3.8, 4) is 5.75 Å². The van der Waals surface area contributed by atoms with Crippen LogP contribution in [0.4, 0.5) is 23.2 Å². The zero-order chi connectivity index (χ0) is 19.0. The number of rotatable bonds is 5. The summed E-state index contributed by atoms with van der Waals surface area (Å²) in [5.41, 5.74) is -1.38. The lowest BCUT2D eigenvalue weighted by Gasteiger charge is -2.20. The predicted molar refractivity (Wildman–Crippen MR) is 78.8 cm³/mol. The van der Waals surface area contributed by atoms with Gasteiger partial charge >= 0.3 is 0 Å². The number of anilines is 1. The molecule has 1 fully saturated rings. The summed E-state index contributed by atoms with van der Waals surface area (Å²) in [6.07, 6.45) is -1.17. The summed E-state index contributed by atoms with van der Waals surface area (Å²) in [5.74, 6) is -12.4. The van der Waals surface area contributed by atoms with Crippen LogP contribution in [0.25, 0.3) is 0 Å². The standard InChI is InChI=1S/C16H17F4NO4/c1-5-24-8(4)25-14-11(19)9(17)13(10(18)12(14)20)21-15(22)6(2)7(3)16(21)23/h6-8H,5H2,1-4H3. The van der Waals surface area contributed by atoms with E-state index in [1.54, 1.807) is 6.92 Å². The lowest BCUT2D eigenvalue weighted by Crippen LogP contribution is -2.33. The summed E-state index contributed by atoms with van der Waals surface area (Å²) in [5, 5.41) is 0. The summed E-state index contributed by atoms with van der Waals surface area (Å²) in [4.78, 5) is 24.3. The van der Waals surface area contributed by atoms with Crippen molar-refractivity contribution in [2.45, 2.75) is 34.0 Å². The van der Waals surface area contributed by atoms with Crippen molar-refractivity contribution < 1.29 is 36.6 Å². The average Bonchev–Trinajstić information content (AvgIpc) is 2.75. The molecule has 9 heteroatoms. The zero-order valence-corrected chi connectivity index (χ0v) is 14.0. The molecule has 2 rings (SSSR count).